The molecule has 0 saturated heterocycles. The molecule has 0 radical (unpaired) electrons. The van der Waals surface area contributed by atoms with E-state index in [1.54, 1.807) is 18.4 Å². The summed E-state index contributed by atoms with van der Waals surface area (Å²) in [4.78, 5) is 10.4. The fourth-order valence-electron chi connectivity index (χ4n) is 1.41. The number of hydrogen-bond donors (Lipinski definition) is 2. The minimum absolute atomic E-state index is 0.0504. The van der Waals surface area contributed by atoms with Gasteiger partial charge in [-0.1, -0.05) is 0 Å². The summed E-state index contributed by atoms with van der Waals surface area (Å²) in [5, 5.41) is 10.2. The first-order chi connectivity index (χ1) is 8.33. The minimum Gasteiger partial charge on any atom is -0.481 e. The van der Waals surface area contributed by atoms with Crippen LogP contribution in [0.4, 0.5) is 0 Å². The normalized spacial score (nSPS) is 13.4. The van der Waals surface area contributed by atoms with E-state index in [9.17, 15) is 13.2 Å². The number of carboxylic acids is 1. The maximum absolute atomic E-state index is 12.0. The maximum Gasteiger partial charge on any atom is 0.303 e. The predicted molar refractivity (Wildman–Crippen MR) is 73.3 cm³/mol. The third kappa shape index (κ3) is 4.68. The van der Waals surface area contributed by atoms with E-state index in [0.717, 1.165) is 11.3 Å². The van der Waals surface area contributed by atoms with Gasteiger partial charge in [0.2, 0.25) is 0 Å². The number of hydrogen-bond acceptors (Lipinski definition) is 4. The molecule has 1 aromatic heterocycles. The van der Waals surface area contributed by atoms with Crippen LogP contribution in [0, 0.1) is 0 Å². The second-order valence-electron chi connectivity index (χ2n) is 3.86. The van der Waals surface area contributed by atoms with Crippen LogP contribution in [0.15, 0.2) is 20.1 Å². The molecule has 102 valence electrons. The van der Waals surface area contributed by atoms with E-state index in [0.29, 0.717) is 17.3 Å². The molecule has 1 rings (SSSR count). The lowest BCUT2D eigenvalue weighted by atomic mass is 10.1. The summed E-state index contributed by atoms with van der Waals surface area (Å²) in [6, 6.07) is 1.39. The molecule has 1 aromatic rings. The average molecular weight is 356 g/mol. The van der Waals surface area contributed by atoms with Crippen LogP contribution in [0.1, 0.15) is 26.2 Å². The van der Waals surface area contributed by atoms with Gasteiger partial charge in [0.25, 0.3) is 10.0 Å². The molecular weight excluding hydrogens is 342 g/mol. The lowest BCUT2D eigenvalue weighted by Crippen LogP contribution is -2.32. The van der Waals surface area contributed by atoms with Crippen LogP contribution in [0.3, 0.4) is 0 Å². The predicted octanol–water partition coefficient (Wildman–Crippen LogP) is 2.43. The van der Waals surface area contributed by atoms with Gasteiger partial charge in [0.05, 0.1) is 0 Å². The molecule has 0 aliphatic rings. The Bertz CT molecular complexity index is 512. The van der Waals surface area contributed by atoms with E-state index in [2.05, 4.69) is 20.7 Å². The fraction of sp³-hybridized carbons (Fsp3) is 0.500. The second-order valence-corrected chi connectivity index (χ2v) is 7.54. The highest BCUT2D eigenvalue weighted by atomic mass is 79.9. The van der Waals surface area contributed by atoms with Crippen LogP contribution < -0.4 is 4.72 Å². The highest BCUT2D eigenvalue weighted by molar-refractivity contribution is 9.10. The van der Waals surface area contributed by atoms with Crippen LogP contribution in [-0.4, -0.2) is 25.5 Å². The van der Waals surface area contributed by atoms with Crippen LogP contribution in [0.25, 0.3) is 0 Å². The van der Waals surface area contributed by atoms with Gasteiger partial charge in [-0.2, -0.15) is 0 Å². The number of halogens is 1. The molecule has 18 heavy (non-hydrogen) atoms. The molecule has 1 unspecified atom stereocenters. The van der Waals surface area contributed by atoms with Gasteiger partial charge in [-0.15, -0.1) is 11.3 Å². The molecule has 8 heteroatoms. The Kier molecular flexibility index (Phi) is 5.77. The third-order valence-corrected chi connectivity index (χ3v) is 6.47. The Hall–Kier alpha value is -0.440. The summed E-state index contributed by atoms with van der Waals surface area (Å²) in [6.07, 6.45) is 0.994. The van der Waals surface area contributed by atoms with Crippen molar-refractivity contribution >= 4 is 43.3 Å². The van der Waals surface area contributed by atoms with Crippen LogP contribution in [0.5, 0.6) is 0 Å². The Balaban J connectivity index is 2.56. The number of rotatable bonds is 7. The quantitative estimate of drug-likeness (QED) is 0.786. The van der Waals surface area contributed by atoms with Gasteiger partial charge in [0.15, 0.2) is 0 Å². The van der Waals surface area contributed by atoms with E-state index >= 15 is 0 Å². The van der Waals surface area contributed by atoms with Crippen molar-refractivity contribution in [1.29, 1.82) is 0 Å². The van der Waals surface area contributed by atoms with Crippen LogP contribution >= 0.6 is 27.3 Å². The minimum atomic E-state index is -3.52. The lowest BCUT2D eigenvalue weighted by Gasteiger charge is -2.12. The summed E-state index contributed by atoms with van der Waals surface area (Å²) in [5.74, 6) is -0.869. The Morgan fingerprint density at radius 1 is 1.61 bits per heavy atom. The molecule has 0 aliphatic heterocycles. The number of nitrogens with one attached hydrogen (secondary N) is 1. The topological polar surface area (TPSA) is 83.5 Å². The van der Waals surface area contributed by atoms with Crippen molar-refractivity contribution in [3.63, 3.8) is 0 Å². The van der Waals surface area contributed by atoms with Crippen molar-refractivity contribution in [3.05, 3.63) is 15.9 Å². The van der Waals surface area contributed by atoms with E-state index in [1.165, 1.54) is 0 Å². The van der Waals surface area contributed by atoms with Crippen molar-refractivity contribution in [1.82, 2.24) is 4.72 Å². The average Bonchev–Trinajstić information content (AvgIpc) is 2.63. The number of aliphatic carboxylic acids is 1. The molecular formula is C10H14BrNO4S2. The van der Waals surface area contributed by atoms with E-state index < -0.39 is 16.0 Å². The summed E-state index contributed by atoms with van der Waals surface area (Å²) in [7, 11) is -3.52. The first-order valence-electron chi connectivity index (χ1n) is 5.30. The Morgan fingerprint density at radius 2 is 2.28 bits per heavy atom. The highest BCUT2D eigenvalue weighted by Crippen LogP contribution is 2.27. The van der Waals surface area contributed by atoms with Crippen molar-refractivity contribution in [3.8, 4) is 0 Å². The first kappa shape index (κ1) is 15.6. The highest BCUT2D eigenvalue weighted by Gasteiger charge is 2.21. The van der Waals surface area contributed by atoms with Gasteiger partial charge >= 0.3 is 5.97 Å². The van der Waals surface area contributed by atoms with Crippen molar-refractivity contribution in [2.75, 3.05) is 0 Å². The van der Waals surface area contributed by atoms with Gasteiger partial charge in [0, 0.05) is 16.9 Å². The number of carbonyl (C=O) groups is 1. The Labute approximate surface area is 118 Å². The van der Waals surface area contributed by atoms with Crippen molar-refractivity contribution < 1.29 is 18.3 Å². The van der Waals surface area contributed by atoms with Gasteiger partial charge in [-0.05, 0) is 47.1 Å². The molecule has 0 spiro atoms. The fourth-order valence-corrected chi connectivity index (χ4v) is 5.04. The summed E-state index contributed by atoms with van der Waals surface area (Å²) < 4.78 is 27.3. The van der Waals surface area contributed by atoms with E-state index in [1.807, 2.05) is 0 Å². The number of thiophene rings is 1. The summed E-state index contributed by atoms with van der Waals surface area (Å²) in [6.45, 7) is 1.72. The maximum atomic E-state index is 12.0. The Morgan fingerprint density at radius 3 is 2.78 bits per heavy atom. The van der Waals surface area contributed by atoms with Crippen LogP contribution in [0.2, 0.25) is 0 Å². The molecule has 0 fully saturated rings. The molecule has 2 N–H and O–H groups in total. The van der Waals surface area contributed by atoms with Gasteiger partial charge in [0.1, 0.15) is 4.21 Å². The molecule has 5 nitrogen and oxygen atoms in total. The van der Waals surface area contributed by atoms with Gasteiger partial charge in [-0.3, -0.25) is 4.79 Å². The summed E-state index contributed by atoms with van der Waals surface area (Å²) >= 11 is 4.31. The first-order valence-corrected chi connectivity index (χ1v) is 8.45. The molecule has 1 heterocycles. The monoisotopic (exact) mass is 355 g/mol. The molecule has 0 bridgehead atoms. The smallest absolute Gasteiger partial charge is 0.303 e. The zero-order valence-electron chi connectivity index (χ0n) is 9.72. The number of carboxylic acid groups (broad SMARTS) is 1. The zero-order valence-corrected chi connectivity index (χ0v) is 12.9. The van der Waals surface area contributed by atoms with Crippen LogP contribution in [-0.2, 0) is 14.8 Å². The van der Waals surface area contributed by atoms with E-state index in [4.69, 9.17) is 5.11 Å². The molecule has 0 amide bonds. The number of sulfonamides is 1. The standard InChI is InChI=1S/C10H14BrNO4S2/c1-7(3-2-4-9(13)14)12-18(15,16)10-8(11)5-6-17-10/h5-7,12H,2-4H2,1H3,(H,13,14). The molecule has 0 aromatic carbocycles. The molecule has 1 atom stereocenters. The summed E-state index contributed by atoms with van der Waals surface area (Å²) in [5.41, 5.74) is 0. The van der Waals surface area contributed by atoms with E-state index in [-0.39, 0.29) is 16.7 Å². The molecule has 0 saturated carbocycles. The SMILES string of the molecule is CC(CCCC(=O)O)NS(=O)(=O)c1sccc1Br. The lowest BCUT2D eigenvalue weighted by molar-refractivity contribution is -0.137. The van der Waals surface area contributed by atoms with Crippen molar-refractivity contribution in [2.24, 2.45) is 0 Å². The van der Waals surface area contributed by atoms with Gasteiger partial charge < -0.3 is 5.11 Å². The molecule has 0 aliphatic carbocycles. The van der Waals surface area contributed by atoms with Crippen molar-refractivity contribution in [2.45, 2.75) is 36.4 Å². The largest absolute Gasteiger partial charge is 0.481 e. The second kappa shape index (κ2) is 6.65. The third-order valence-electron chi connectivity index (χ3n) is 2.21. The zero-order chi connectivity index (χ0) is 13.8. The van der Waals surface area contributed by atoms with Gasteiger partial charge in [-0.25, -0.2) is 13.1 Å².